The lowest BCUT2D eigenvalue weighted by molar-refractivity contribution is -0.117. The Morgan fingerprint density at radius 2 is 1.88 bits per heavy atom. The van der Waals surface area contributed by atoms with E-state index in [1.807, 2.05) is 67.6 Å². The van der Waals surface area contributed by atoms with E-state index < -0.39 is 5.91 Å². The van der Waals surface area contributed by atoms with Crippen molar-refractivity contribution in [3.63, 3.8) is 0 Å². The van der Waals surface area contributed by atoms with E-state index in [-0.39, 0.29) is 11.6 Å². The second-order valence-electron chi connectivity index (χ2n) is 5.25. The smallest absolute Gasteiger partial charge is 0.263 e. The molecular formula is C19H18BrN3O. The second kappa shape index (κ2) is 8.90. The second-order valence-corrected chi connectivity index (χ2v) is 6.10. The molecule has 0 aliphatic carbocycles. The zero-order valence-corrected chi connectivity index (χ0v) is 14.9. The number of carbonyl (C=O) groups excluding carboxylic acids is 1. The van der Waals surface area contributed by atoms with Crippen LogP contribution in [-0.4, -0.2) is 5.91 Å². The van der Waals surface area contributed by atoms with Gasteiger partial charge in [-0.3, -0.25) is 4.79 Å². The number of hydrogen-bond acceptors (Lipinski definition) is 3. The maximum atomic E-state index is 12.2. The number of rotatable bonds is 6. The lowest BCUT2D eigenvalue weighted by Crippen LogP contribution is -2.28. The predicted molar refractivity (Wildman–Crippen MR) is 97.7 cm³/mol. The van der Waals surface area contributed by atoms with Gasteiger partial charge in [-0.2, -0.15) is 5.26 Å². The van der Waals surface area contributed by atoms with Crippen molar-refractivity contribution in [2.24, 2.45) is 0 Å². The predicted octanol–water partition coefficient (Wildman–Crippen LogP) is 3.82. The van der Waals surface area contributed by atoms with Crippen LogP contribution >= 0.6 is 15.9 Å². The van der Waals surface area contributed by atoms with Crippen LogP contribution in [0.1, 0.15) is 24.1 Å². The Balaban J connectivity index is 1.96. The van der Waals surface area contributed by atoms with Crippen molar-refractivity contribution in [3.8, 4) is 6.07 Å². The summed E-state index contributed by atoms with van der Waals surface area (Å²) < 4.78 is 0.978. The van der Waals surface area contributed by atoms with Crippen LogP contribution in [0.5, 0.6) is 0 Å². The van der Waals surface area contributed by atoms with Gasteiger partial charge in [0.2, 0.25) is 0 Å². The summed E-state index contributed by atoms with van der Waals surface area (Å²) in [6, 6.07) is 19.2. The van der Waals surface area contributed by atoms with Crippen LogP contribution in [0, 0.1) is 11.3 Å². The molecule has 2 rings (SSSR count). The van der Waals surface area contributed by atoms with Crippen LogP contribution < -0.4 is 10.6 Å². The van der Waals surface area contributed by atoms with Gasteiger partial charge in [-0.1, -0.05) is 64.5 Å². The third kappa shape index (κ3) is 4.97. The molecule has 5 heteroatoms. The quantitative estimate of drug-likeness (QED) is 0.588. The van der Waals surface area contributed by atoms with Crippen molar-refractivity contribution in [2.45, 2.75) is 19.5 Å². The number of carbonyl (C=O) groups is 1. The maximum Gasteiger partial charge on any atom is 0.263 e. The summed E-state index contributed by atoms with van der Waals surface area (Å²) in [6.07, 6.45) is 1.45. The summed E-state index contributed by atoms with van der Waals surface area (Å²) in [5.74, 6) is -0.395. The standard InChI is InChI=1S/C19H18BrN3O/c1-14(15-7-3-2-4-8-15)23-19(24)17(11-21)13-22-12-16-9-5-6-10-18(16)20/h2-10,13-14,22H,12H2,1H3,(H,23,24)/b17-13-. The fourth-order valence-corrected chi connectivity index (χ4v) is 2.58. The molecule has 0 aliphatic rings. The van der Waals surface area contributed by atoms with Crippen LogP contribution in [0.25, 0.3) is 0 Å². The lowest BCUT2D eigenvalue weighted by Gasteiger charge is -2.14. The number of amides is 1. The van der Waals surface area contributed by atoms with Crippen LogP contribution in [0.2, 0.25) is 0 Å². The fourth-order valence-electron chi connectivity index (χ4n) is 2.15. The van der Waals surface area contributed by atoms with E-state index in [4.69, 9.17) is 0 Å². The molecule has 2 N–H and O–H groups in total. The first kappa shape index (κ1) is 17.8. The molecule has 0 heterocycles. The number of nitriles is 1. The molecule has 0 spiro atoms. The summed E-state index contributed by atoms with van der Waals surface area (Å²) in [6.45, 7) is 2.41. The first-order chi connectivity index (χ1) is 11.6. The molecule has 2 aromatic rings. The van der Waals surface area contributed by atoms with Crippen LogP contribution in [-0.2, 0) is 11.3 Å². The van der Waals surface area contributed by atoms with E-state index in [1.54, 1.807) is 0 Å². The molecule has 1 unspecified atom stereocenters. The first-order valence-electron chi connectivity index (χ1n) is 7.54. The summed E-state index contributed by atoms with van der Waals surface area (Å²) in [7, 11) is 0. The molecule has 0 saturated carbocycles. The molecule has 122 valence electrons. The van der Waals surface area contributed by atoms with Gasteiger partial charge in [-0.15, -0.1) is 0 Å². The van der Waals surface area contributed by atoms with Gasteiger partial charge in [0.25, 0.3) is 5.91 Å². The van der Waals surface area contributed by atoms with E-state index in [1.165, 1.54) is 6.20 Å². The third-order valence-electron chi connectivity index (χ3n) is 3.51. The Kier molecular flexibility index (Phi) is 6.59. The van der Waals surface area contributed by atoms with Gasteiger partial charge in [-0.05, 0) is 24.1 Å². The number of nitrogens with one attached hydrogen (secondary N) is 2. The minimum Gasteiger partial charge on any atom is -0.386 e. The highest BCUT2D eigenvalue weighted by Crippen LogP contribution is 2.15. The van der Waals surface area contributed by atoms with Crippen molar-refractivity contribution in [1.29, 1.82) is 5.26 Å². The fraction of sp³-hybridized carbons (Fsp3) is 0.158. The third-order valence-corrected chi connectivity index (χ3v) is 4.28. The van der Waals surface area contributed by atoms with Crippen molar-refractivity contribution in [2.75, 3.05) is 0 Å². The first-order valence-corrected chi connectivity index (χ1v) is 8.34. The molecule has 0 aliphatic heterocycles. The molecule has 0 radical (unpaired) electrons. The number of hydrogen-bond donors (Lipinski definition) is 2. The number of halogens is 1. The highest BCUT2D eigenvalue weighted by atomic mass is 79.9. The summed E-state index contributed by atoms with van der Waals surface area (Å²) in [5.41, 5.74) is 2.08. The van der Waals surface area contributed by atoms with Crippen molar-refractivity contribution in [1.82, 2.24) is 10.6 Å². The van der Waals surface area contributed by atoms with E-state index >= 15 is 0 Å². The van der Waals surface area contributed by atoms with Crippen LogP contribution in [0.15, 0.2) is 70.8 Å². The summed E-state index contributed by atoms with van der Waals surface area (Å²) >= 11 is 3.46. The molecule has 0 saturated heterocycles. The Labute approximate surface area is 150 Å². The lowest BCUT2D eigenvalue weighted by atomic mass is 10.1. The van der Waals surface area contributed by atoms with Crippen LogP contribution in [0.4, 0.5) is 0 Å². The average molecular weight is 384 g/mol. The van der Waals surface area contributed by atoms with E-state index in [0.717, 1.165) is 15.6 Å². The largest absolute Gasteiger partial charge is 0.386 e. The highest BCUT2D eigenvalue weighted by molar-refractivity contribution is 9.10. The molecular weight excluding hydrogens is 366 g/mol. The zero-order chi connectivity index (χ0) is 17.4. The SMILES string of the molecule is CC(NC(=O)/C(C#N)=C\NCc1ccccc1Br)c1ccccc1. The monoisotopic (exact) mass is 383 g/mol. The minimum absolute atomic E-state index is 0.0461. The molecule has 2 aromatic carbocycles. The van der Waals surface area contributed by atoms with Gasteiger partial charge < -0.3 is 10.6 Å². The van der Waals surface area contributed by atoms with Gasteiger partial charge in [0.05, 0.1) is 6.04 Å². The van der Waals surface area contributed by atoms with E-state index in [0.29, 0.717) is 6.54 Å². The zero-order valence-electron chi connectivity index (χ0n) is 13.3. The van der Waals surface area contributed by atoms with Crippen molar-refractivity contribution >= 4 is 21.8 Å². The Morgan fingerprint density at radius 1 is 1.21 bits per heavy atom. The minimum atomic E-state index is -0.395. The highest BCUT2D eigenvalue weighted by Gasteiger charge is 2.13. The Hall–Kier alpha value is -2.58. The van der Waals surface area contributed by atoms with E-state index in [9.17, 15) is 10.1 Å². The average Bonchev–Trinajstić information content (AvgIpc) is 2.60. The van der Waals surface area contributed by atoms with Gasteiger partial charge in [-0.25, -0.2) is 0 Å². The van der Waals surface area contributed by atoms with Crippen molar-refractivity contribution < 1.29 is 4.79 Å². The molecule has 24 heavy (non-hydrogen) atoms. The summed E-state index contributed by atoms with van der Waals surface area (Å²) in [5, 5.41) is 15.0. The number of benzene rings is 2. The maximum absolute atomic E-state index is 12.2. The summed E-state index contributed by atoms with van der Waals surface area (Å²) in [4.78, 5) is 12.2. The van der Waals surface area contributed by atoms with E-state index in [2.05, 4.69) is 26.6 Å². The van der Waals surface area contributed by atoms with Gasteiger partial charge in [0, 0.05) is 17.2 Å². The van der Waals surface area contributed by atoms with Crippen molar-refractivity contribution in [3.05, 3.63) is 82.0 Å². The topological polar surface area (TPSA) is 64.9 Å². The van der Waals surface area contributed by atoms with Gasteiger partial charge in [0.15, 0.2) is 0 Å². The molecule has 1 amide bonds. The number of nitrogens with zero attached hydrogens (tertiary/aromatic N) is 1. The molecule has 4 nitrogen and oxygen atoms in total. The Morgan fingerprint density at radius 3 is 2.54 bits per heavy atom. The molecule has 0 bridgehead atoms. The van der Waals surface area contributed by atoms with Gasteiger partial charge in [0.1, 0.15) is 11.6 Å². The molecule has 0 aromatic heterocycles. The Bertz CT molecular complexity index is 766. The molecule has 0 fully saturated rings. The van der Waals surface area contributed by atoms with Crippen LogP contribution in [0.3, 0.4) is 0 Å². The normalized spacial score (nSPS) is 12.1. The molecule has 1 atom stereocenters. The van der Waals surface area contributed by atoms with Gasteiger partial charge >= 0.3 is 0 Å².